The molecule has 6 heteroatoms. The van der Waals surface area contributed by atoms with Crippen molar-refractivity contribution in [3.63, 3.8) is 0 Å². The topological polar surface area (TPSA) is 94.3 Å². The van der Waals surface area contributed by atoms with Gasteiger partial charge in [-0.2, -0.15) is 0 Å². The van der Waals surface area contributed by atoms with Gasteiger partial charge < -0.3 is 15.8 Å². The molecule has 0 saturated heterocycles. The van der Waals surface area contributed by atoms with E-state index in [4.69, 9.17) is 10.5 Å². The molecule has 0 unspecified atom stereocenters. The third-order valence-corrected chi connectivity index (χ3v) is 4.41. The Morgan fingerprint density at radius 3 is 2.54 bits per heavy atom. The van der Waals surface area contributed by atoms with Crippen LogP contribution < -0.4 is 15.8 Å². The zero-order chi connectivity index (χ0) is 20.1. The summed E-state index contributed by atoms with van der Waals surface area (Å²) >= 11 is 0. The summed E-state index contributed by atoms with van der Waals surface area (Å²) in [5.41, 5.74) is 9.61. The van der Waals surface area contributed by atoms with Crippen molar-refractivity contribution in [3.05, 3.63) is 83.0 Å². The summed E-state index contributed by atoms with van der Waals surface area (Å²) in [4.78, 5) is 28.2. The zero-order valence-electron chi connectivity index (χ0n) is 15.7. The Bertz CT molecular complexity index is 1010. The zero-order valence-corrected chi connectivity index (χ0v) is 15.7. The molecule has 0 radical (unpaired) electrons. The fraction of sp³-hybridized carbons (Fsp3) is 0.136. The molecule has 3 aromatic rings. The highest BCUT2D eigenvalue weighted by atomic mass is 16.5. The standard InChI is InChI=1S/C22H21N3O3/c1-14-6-7-16(21(23)26)11-19(14)20-9-8-17(13-24-20)22(27)25-12-15-4-3-5-18(10-15)28-2/h3-11,13H,12H2,1-2H3,(H2,23,26)(H,25,27). The number of hydrogen-bond donors (Lipinski definition) is 2. The number of ether oxygens (including phenoxy) is 1. The Hall–Kier alpha value is -3.67. The first kappa shape index (κ1) is 19.1. The molecule has 142 valence electrons. The van der Waals surface area contributed by atoms with Gasteiger partial charge in [-0.25, -0.2) is 0 Å². The van der Waals surface area contributed by atoms with Gasteiger partial charge in [-0.05, 0) is 54.4 Å². The molecule has 0 aliphatic rings. The van der Waals surface area contributed by atoms with Gasteiger partial charge in [0.15, 0.2) is 0 Å². The Kier molecular flexibility index (Phi) is 5.69. The van der Waals surface area contributed by atoms with Crippen LogP contribution in [0.15, 0.2) is 60.8 Å². The molecule has 0 atom stereocenters. The molecule has 2 amide bonds. The minimum atomic E-state index is -0.491. The first-order valence-electron chi connectivity index (χ1n) is 8.76. The molecule has 6 nitrogen and oxygen atoms in total. The van der Waals surface area contributed by atoms with Crippen LogP contribution in [0.2, 0.25) is 0 Å². The van der Waals surface area contributed by atoms with Gasteiger partial charge in [0.05, 0.1) is 18.4 Å². The van der Waals surface area contributed by atoms with E-state index in [-0.39, 0.29) is 5.91 Å². The van der Waals surface area contributed by atoms with Gasteiger partial charge in [0.2, 0.25) is 5.91 Å². The number of rotatable bonds is 6. The Labute approximate surface area is 163 Å². The fourth-order valence-electron chi connectivity index (χ4n) is 2.81. The highest BCUT2D eigenvalue weighted by Gasteiger charge is 2.10. The number of carbonyl (C=O) groups excluding carboxylic acids is 2. The second-order valence-electron chi connectivity index (χ2n) is 6.36. The summed E-state index contributed by atoms with van der Waals surface area (Å²) in [5, 5.41) is 2.87. The average Bonchev–Trinajstić information content (AvgIpc) is 2.72. The molecule has 28 heavy (non-hydrogen) atoms. The van der Waals surface area contributed by atoms with E-state index < -0.39 is 5.91 Å². The number of nitrogens with one attached hydrogen (secondary N) is 1. The quantitative estimate of drug-likeness (QED) is 0.692. The van der Waals surface area contributed by atoms with Crippen molar-refractivity contribution in [3.8, 4) is 17.0 Å². The SMILES string of the molecule is COc1cccc(CNC(=O)c2ccc(-c3cc(C(N)=O)ccc3C)nc2)c1. The summed E-state index contributed by atoms with van der Waals surface area (Å²) in [6.45, 7) is 2.31. The minimum absolute atomic E-state index is 0.218. The smallest absolute Gasteiger partial charge is 0.253 e. The average molecular weight is 375 g/mol. The highest BCUT2D eigenvalue weighted by molar-refractivity contribution is 5.95. The molecule has 3 rings (SSSR count). The van der Waals surface area contributed by atoms with Crippen LogP contribution in [0.3, 0.4) is 0 Å². The van der Waals surface area contributed by atoms with E-state index in [0.29, 0.717) is 23.4 Å². The van der Waals surface area contributed by atoms with E-state index in [1.54, 1.807) is 31.4 Å². The Morgan fingerprint density at radius 2 is 1.86 bits per heavy atom. The van der Waals surface area contributed by atoms with E-state index in [9.17, 15) is 9.59 Å². The molecule has 1 heterocycles. The molecule has 0 saturated carbocycles. The first-order valence-corrected chi connectivity index (χ1v) is 8.76. The summed E-state index contributed by atoms with van der Waals surface area (Å²) in [6, 6.07) is 16.2. The summed E-state index contributed by atoms with van der Waals surface area (Å²) in [5.74, 6) is 0.0330. The third kappa shape index (κ3) is 4.35. The van der Waals surface area contributed by atoms with Crippen LogP contribution in [0.4, 0.5) is 0 Å². The normalized spacial score (nSPS) is 10.4. The third-order valence-electron chi connectivity index (χ3n) is 4.41. The molecule has 0 spiro atoms. The van der Waals surface area contributed by atoms with Crippen molar-refractivity contribution in [2.24, 2.45) is 5.73 Å². The largest absolute Gasteiger partial charge is 0.497 e. The molecule has 0 fully saturated rings. The molecule has 0 bridgehead atoms. The number of nitrogens with zero attached hydrogens (tertiary/aromatic N) is 1. The van der Waals surface area contributed by atoms with Gasteiger partial charge in [0.1, 0.15) is 5.75 Å². The number of primary amides is 1. The van der Waals surface area contributed by atoms with Crippen LogP contribution in [0.25, 0.3) is 11.3 Å². The molecular formula is C22H21N3O3. The fourth-order valence-corrected chi connectivity index (χ4v) is 2.81. The molecule has 1 aromatic heterocycles. The van der Waals surface area contributed by atoms with E-state index in [1.807, 2.05) is 37.3 Å². The Balaban J connectivity index is 1.72. The van der Waals surface area contributed by atoms with Crippen molar-refractivity contribution in [2.45, 2.75) is 13.5 Å². The lowest BCUT2D eigenvalue weighted by atomic mass is 10.0. The maximum atomic E-state index is 12.4. The maximum Gasteiger partial charge on any atom is 0.253 e. The predicted molar refractivity (Wildman–Crippen MR) is 107 cm³/mol. The summed E-state index contributed by atoms with van der Waals surface area (Å²) < 4.78 is 5.18. The number of amides is 2. The first-order chi connectivity index (χ1) is 13.5. The van der Waals surface area contributed by atoms with Crippen LogP contribution in [-0.4, -0.2) is 23.9 Å². The van der Waals surface area contributed by atoms with E-state index in [1.165, 1.54) is 6.20 Å². The van der Waals surface area contributed by atoms with Gasteiger partial charge in [-0.1, -0.05) is 18.2 Å². The van der Waals surface area contributed by atoms with E-state index in [2.05, 4.69) is 10.3 Å². The van der Waals surface area contributed by atoms with Gasteiger partial charge >= 0.3 is 0 Å². The van der Waals surface area contributed by atoms with Crippen molar-refractivity contribution in [1.29, 1.82) is 0 Å². The molecule has 0 aliphatic heterocycles. The Morgan fingerprint density at radius 1 is 1.07 bits per heavy atom. The van der Waals surface area contributed by atoms with E-state index >= 15 is 0 Å². The monoisotopic (exact) mass is 375 g/mol. The number of carbonyl (C=O) groups is 2. The molecular weight excluding hydrogens is 354 g/mol. The number of methoxy groups -OCH3 is 1. The minimum Gasteiger partial charge on any atom is -0.497 e. The highest BCUT2D eigenvalue weighted by Crippen LogP contribution is 2.23. The number of aryl methyl sites for hydroxylation is 1. The van der Waals surface area contributed by atoms with Gasteiger partial charge in [0, 0.05) is 23.9 Å². The van der Waals surface area contributed by atoms with Gasteiger partial charge in [-0.3, -0.25) is 14.6 Å². The molecule has 3 N–H and O–H groups in total. The number of benzene rings is 2. The number of aromatic nitrogens is 1. The van der Waals surface area contributed by atoms with Crippen LogP contribution >= 0.6 is 0 Å². The van der Waals surface area contributed by atoms with Crippen LogP contribution in [-0.2, 0) is 6.54 Å². The molecule has 0 aliphatic carbocycles. The van der Waals surface area contributed by atoms with Crippen molar-refractivity contribution < 1.29 is 14.3 Å². The van der Waals surface area contributed by atoms with Crippen LogP contribution in [0.1, 0.15) is 31.8 Å². The van der Waals surface area contributed by atoms with Gasteiger partial charge in [-0.15, -0.1) is 0 Å². The van der Waals surface area contributed by atoms with Gasteiger partial charge in [0.25, 0.3) is 5.91 Å². The summed E-state index contributed by atoms with van der Waals surface area (Å²) in [7, 11) is 1.60. The lowest BCUT2D eigenvalue weighted by molar-refractivity contribution is 0.0949. The van der Waals surface area contributed by atoms with E-state index in [0.717, 1.165) is 22.4 Å². The maximum absolute atomic E-state index is 12.4. The number of pyridine rings is 1. The predicted octanol–water partition coefficient (Wildman–Crippen LogP) is 3.09. The van der Waals surface area contributed by atoms with Crippen molar-refractivity contribution in [2.75, 3.05) is 7.11 Å². The van der Waals surface area contributed by atoms with Crippen LogP contribution in [0.5, 0.6) is 5.75 Å². The lowest BCUT2D eigenvalue weighted by Gasteiger charge is -2.09. The van der Waals surface area contributed by atoms with Crippen molar-refractivity contribution >= 4 is 11.8 Å². The molecule has 2 aromatic carbocycles. The van der Waals surface area contributed by atoms with Crippen LogP contribution in [0, 0.1) is 6.92 Å². The van der Waals surface area contributed by atoms with Crippen molar-refractivity contribution in [1.82, 2.24) is 10.3 Å². The second-order valence-corrected chi connectivity index (χ2v) is 6.36. The second kappa shape index (κ2) is 8.35. The number of nitrogens with two attached hydrogens (primary N) is 1. The summed E-state index contributed by atoms with van der Waals surface area (Å²) in [6.07, 6.45) is 1.52. The number of hydrogen-bond acceptors (Lipinski definition) is 4. The lowest BCUT2D eigenvalue weighted by Crippen LogP contribution is -2.22.